The number of aliphatic hydroxyl groups excluding tert-OH is 1. The Hall–Kier alpha value is -2.59. The molecular formula is C22H24ClN3O6. The predicted octanol–water partition coefficient (Wildman–Crippen LogP) is 2.54. The Morgan fingerprint density at radius 2 is 1.94 bits per heavy atom. The van der Waals surface area contributed by atoms with Crippen LogP contribution in [0.1, 0.15) is 12.5 Å². The molecule has 2 aliphatic heterocycles. The third kappa shape index (κ3) is 4.33. The lowest BCUT2D eigenvalue weighted by atomic mass is 10.1. The first-order valence-corrected chi connectivity index (χ1v) is 11.0. The monoisotopic (exact) mass is 461 g/mol. The molecule has 2 fully saturated rings. The largest absolute Gasteiger partial charge is 0.494 e. The zero-order valence-corrected chi connectivity index (χ0v) is 18.2. The summed E-state index contributed by atoms with van der Waals surface area (Å²) in [7, 11) is 0. The molecule has 5 rings (SSSR count). The number of imidazole rings is 1. The van der Waals surface area contributed by atoms with Crippen molar-refractivity contribution in [1.82, 2.24) is 15.0 Å². The van der Waals surface area contributed by atoms with Crippen molar-refractivity contribution < 1.29 is 28.8 Å². The van der Waals surface area contributed by atoms with Gasteiger partial charge < -0.3 is 33.8 Å². The molecule has 9 nitrogen and oxygen atoms in total. The van der Waals surface area contributed by atoms with E-state index in [2.05, 4.69) is 15.0 Å². The van der Waals surface area contributed by atoms with Gasteiger partial charge in [-0.3, -0.25) is 0 Å². The van der Waals surface area contributed by atoms with E-state index in [0.29, 0.717) is 48.3 Å². The number of aliphatic hydroxyl groups is 1. The second-order valence-electron chi connectivity index (χ2n) is 7.68. The van der Waals surface area contributed by atoms with Crippen LogP contribution < -0.4 is 14.2 Å². The second-order valence-corrected chi connectivity index (χ2v) is 8.09. The zero-order chi connectivity index (χ0) is 22.1. The molecule has 0 bridgehead atoms. The van der Waals surface area contributed by atoms with Crippen LogP contribution in [0.5, 0.6) is 17.6 Å². The van der Waals surface area contributed by atoms with E-state index in [9.17, 15) is 5.11 Å². The minimum absolute atomic E-state index is 0.240. The van der Waals surface area contributed by atoms with Gasteiger partial charge in [-0.25, -0.2) is 0 Å². The third-order valence-electron chi connectivity index (χ3n) is 5.48. The number of hydrogen-bond donors (Lipinski definition) is 2. The van der Waals surface area contributed by atoms with Crippen LogP contribution in [-0.4, -0.2) is 70.9 Å². The molecule has 170 valence electrons. The number of ether oxygens (including phenoxy) is 5. The van der Waals surface area contributed by atoms with Crippen LogP contribution in [0.15, 0.2) is 30.3 Å². The van der Waals surface area contributed by atoms with Gasteiger partial charge in [-0.1, -0.05) is 23.7 Å². The van der Waals surface area contributed by atoms with Gasteiger partial charge >= 0.3 is 0 Å². The van der Waals surface area contributed by atoms with Crippen LogP contribution in [0.2, 0.25) is 5.02 Å². The van der Waals surface area contributed by atoms with Gasteiger partial charge in [-0.15, -0.1) is 0 Å². The molecule has 0 unspecified atom stereocenters. The van der Waals surface area contributed by atoms with Crippen molar-refractivity contribution in [2.45, 2.75) is 37.8 Å². The number of nitrogens with one attached hydrogen (secondary N) is 1. The molecular weight excluding hydrogens is 438 g/mol. The van der Waals surface area contributed by atoms with Crippen molar-refractivity contribution in [3.8, 4) is 17.6 Å². The highest BCUT2D eigenvalue weighted by atomic mass is 35.5. The van der Waals surface area contributed by atoms with Gasteiger partial charge in [0.1, 0.15) is 29.1 Å². The highest BCUT2D eigenvalue weighted by Gasteiger charge is 2.48. The van der Waals surface area contributed by atoms with Gasteiger partial charge in [0.25, 0.3) is 6.01 Å². The summed E-state index contributed by atoms with van der Waals surface area (Å²) >= 11 is 6.35. The van der Waals surface area contributed by atoms with E-state index < -0.39 is 6.10 Å². The van der Waals surface area contributed by atoms with E-state index in [4.69, 9.17) is 35.3 Å². The zero-order valence-electron chi connectivity index (χ0n) is 17.5. The van der Waals surface area contributed by atoms with Crippen LogP contribution in [0.25, 0.3) is 11.2 Å². The molecule has 10 heteroatoms. The number of halogens is 1. The van der Waals surface area contributed by atoms with E-state index in [1.807, 2.05) is 31.2 Å². The van der Waals surface area contributed by atoms with Crippen LogP contribution in [0, 0.1) is 0 Å². The Morgan fingerprint density at radius 3 is 2.75 bits per heavy atom. The van der Waals surface area contributed by atoms with E-state index in [-0.39, 0.29) is 30.9 Å². The topological polar surface area (TPSA) is 108 Å². The van der Waals surface area contributed by atoms with Crippen LogP contribution in [-0.2, 0) is 15.9 Å². The molecule has 0 radical (unpaired) electrons. The maximum absolute atomic E-state index is 9.86. The van der Waals surface area contributed by atoms with Crippen molar-refractivity contribution in [3.63, 3.8) is 0 Å². The average molecular weight is 462 g/mol. The smallest absolute Gasteiger partial charge is 0.296 e. The lowest BCUT2D eigenvalue weighted by Gasteiger charge is -2.15. The number of hydrogen-bond acceptors (Lipinski definition) is 8. The van der Waals surface area contributed by atoms with Crippen molar-refractivity contribution in [2.75, 3.05) is 26.4 Å². The van der Waals surface area contributed by atoms with E-state index in [0.717, 1.165) is 11.3 Å². The van der Waals surface area contributed by atoms with Crippen molar-refractivity contribution in [3.05, 3.63) is 40.9 Å². The molecule has 0 amide bonds. The van der Waals surface area contributed by atoms with Gasteiger partial charge in [0, 0.05) is 6.42 Å². The fourth-order valence-corrected chi connectivity index (χ4v) is 4.12. The average Bonchev–Trinajstić information content (AvgIpc) is 3.47. The molecule has 0 spiro atoms. The third-order valence-corrected chi connectivity index (χ3v) is 5.75. The molecule has 2 saturated heterocycles. The standard InChI is InChI=1S/C22H24ClN3O6/c1-2-28-13-5-3-12(4-6-13)7-8-29-21-14(23)9-15-20(25-21)26-22(24-15)32-17-11-31-18-16(27)10-30-19(17)18/h3-6,9,16-19,27H,2,7-8,10-11H2,1H3,(H,24,25,26)/t16-,17-,18-,19-/m1/s1. The lowest BCUT2D eigenvalue weighted by Crippen LogP contribution is -2.34. The number of nitrogens with zero attached hydrogens (tertiary/aromatic N) is 2. The quantitative estimate of drug-likeness (QED) is 0.527. The number of aromatic amines is 1. The first kappa shape index (κ1) is 21.3. The number of aromatic nitrogens is 3. The van der Waals surface area contributed by atoms with Crippen molar-refractivity contribution in [1.29, 1.82) is 0 Å². The van der Waals surface area contributed by atoms with E-state index in [1.54, 1.807) is 6.07 Å². The van der Waals surface area contributed by atoms with Crippen LogP contribution in [0.3, 0.4) is 0 Å². The molecule has 2 aliphatic rings. The number of rotatable bonds is 8. The molecule has 1 aromatic carbocycles. The molecule has 32 heavy (non-hydrogen) atoms. The van der Waals surface area contributed by atoms with Gasteiger partial charge in [-0.2, -0.15) is 9.97 Å². The summed E-state index contributed by atoms with van der Waals surface area (Å²) in [5, 5.41) is 10.2. The fraction of sp³-hybridized carbons (Fsp3) is 0.455. The first-order chi connectivity index (χ1) is 15.6. The minimum atomic E-state index is -0.632. The maximum atomic E-state index is 9.86. The van der Waals surface area contributed by atoms with Crippen molar-refractivity contribution in [2.24, 2.45) is 0 Å². The number of pyridine rings is 1. The Morgan fingerprint density at radius 1 is 1.12 bits per heavy atom. The molecule has 0 saturated carbocycles. The minimum Gasteiger partial charge on any atom is -0.494 e. The van der Waals surface area contributed by atoms with Gasteiger partial charge in [-0.05, 0) is 30.7 Å². The SMILES string of the molecule is CCOc1ccc(CCOc2nc3nc(O[C@@H]4CO[C@H]5[C@@H]4OC[C@H]5O)[nH]c3cc2Cl)cc1. The summed E-state index contributed by atoms with van der Waals surface area (Å²) in [6.45, 7) is 3.57. The summed E-state index contributed by atoms with van der Waals surface area (Å²) in [5.74, 6) is 1.16. The summed E-state index contributed by atoms with van der Waals surface area (Å²) in [6.07, 6.45) is -0.985. The summed E-state index contributed by atoms with van der Waals surface area (Å²) < 4.78 is 28.3. The predicted molar refractivity (Wildman–Crippen MR) is 116 cm³/mol. The highest BCUT2D eigenvalue weighted by Crippen LogP contribution is 2.31. The number of fused-ring (bicyclic) bond motifs is 2. The van der Waals surface area contributed by atoms with Crippen LogP contribution >= 0.6 is 11.6 Å². The number of benzene rings is 1. The van der Waals surface area contributed by atoms with Crippen molar-refractivity contribution >= 4 is 22.8 Å². The molecule has 2 aromatic heterocycles. The Balaban J connectivity index is 1.21. The Labute approximate surface area is 189 Å². The molecule has 4 atom stereocenters. The number of H-pyrrole nitrogens is 1. The molecule has 4 heterocycles. The molecule has 0 aliphatic carbocycles. The molecule has 2 N–H and O–H groups in total. The normalized spacial score (nSPS) is 24.6. The summed E-state index contributed by atoms with van der Waals surface area (Å²) in [4.78, 5) is 11.9. The highest BCUT2D eigenvalue weighted by molar-refractivity contribution is 6.32. The van der Waals surface area contributed by atoms with Gasteiger partial charge in [0.15, 0.2) is 11.8 Å². The van der Waals surface area contributed by atoms with Gasteiger partial charge in [0.2, 0.25) is 5.88 Å². The van der Waals surface area contributed by atoms with E-state index >= 15 is 0 Å². The van der Waals surface area contributed by atoms with Gasteiger partial charge in [0.05, 0.1) is 31.9 Å². The Kier molecular flexibility index (Phi) is 6.05. The fourth-order valence-electron chi connectivity index (χ4n) is 3.91. The molecule has 3 aromatic rings. The van der Waals surface area contributed by atoms with E-state index in [1.165, 1.54) is 0 Å². The van der Waals surface area contributed by atoms with Crippen LogP contribution in [0.4, 0.5) is 0 Å². The second kappa shape index (κ2) is 9.11. The summed E-state index contributed by atoms with van der Waals surface area (Å²) in [5.41, 5.74) is 2.19. The summed E-state index contributed by atoms with van der Waals surface area (Å²) in [6, 6.07) is 9.89. The lowest BCUT2D eigenvalue weighted by molar-refractivity contribution is 0.00706. The maximum Gasteiger partial charge on any atom is 0.296 e. The first-order valence-electron chi connectivity index (χ1n) is 10.6. The Bertz CT molecular complexity index is 1080.